The van der Waals surface area contributed by atoms with E-state index in [0.717, 1.165) is 11.5 Å². The van der Waals surface area contributed by atoms with Crippen molar-refractivity contribution in [2.75, 3.05) is 25.2 Å². The first-order valence-corrected chi connectivity index (χ1v) is 4.47. The lowest BCUT2D eigenvalue weighted by Gasteiger charge is -2.10. The summed E-state index contributed by atoms with van der Waals surface area (Å²) >= 11 is 1.77. The third-order valence-electron chi connectivity index (χ3n) is 1.18. The SMILES string of the molecule is C=CCSCC(CO)NC. The van der Waals surface area contributed by atoms with Crippen molar-refractivity contribution in [3.05, 3.63) is 12.7 Å². The Balaban J connectivity index is 3.16. The average Bonchev–Trinajstić information content (AvgIpc) is 1.99. The van der Waals surface area contributed by atoms with Crippen LogP contribution in [0.5, 0.6) is 0 Å². The van der Waals surface area contributed by atoms with Crippen molar-refractivity contribution >= 4 is 11.8 Å². The highest BCUT2D eigenvalue weighted by molar-refractivity contribution is 7.99. The van der Waals surface area contributed by atoms with Gasteiger partial charge in [0.2, 0.25) is 0 Å². The summed E-state index contributed by atoms with van der Waals surface area (Å²) in [4.78, 5) is 0. The molecule has 0 aliphatic heterocycles. The van der Waals surface area contributed by atoms with Gasteiger partial charge in [0.25, 0.3) is 0 Å². The molecule has 10 heavy (non-hydrogen) atoms. The Kier molecular flexibility index (Phi) is 7.13. The molecule has 0 aliphatic carbocycles. The first-order chi connectivity index (χ1) is 4.85. The molecule has 0 amide bonds. The molecule has 1 atom stereocenters. The van der Waals surface area contributed by atoms with E-state index in [1.54, 1.807) is 11.8 Å². The second kappa shape index (κ2) is 7.12. The number of likely N-dealkylation sites (N-methyl/N-ethyl adjacent to an activating group) is 1. The van der Waals surface area contributed by atoms with E-state index in [1.165, 1.54) is 0 Å². The molecule has 0 bridgehead atoms. The zero-order valence-electron chi connectivity index (χ0n) is 6.34. The number of rotatable bonds is 6. The van der Waals surface area contributed by atoms with Crippen LogP contribution < -0.4 is 5.32 Å². The van der Waals surface area contributed by atoms with Crippen LogP contribution in [0.25, 0.3) is 0 Å². The lowest BCUT2D eigenvalue weighted by Crippen LogP contribution is -2.31. The van der Waals surface area contributed by atoms with E-state index in [0.29, 0.717) is 0 Å². The number of nitrogens with one attached hydrogen (secondary N) is 1. The standard InChI is InChI=1S/C7H15NOS/c1-3-4-10-6-7(5-9)8-2/h3,7-9H,1,4-6H2,2H3. The van der Waals surface area contributed by atoms with Crippen LogP contribution in [0, 0.1) is 0 Å². The normalized spacial score (nSPS) is 13.0. The second-order valence-corrected chi connectivity index (χ2v) is 3.07. The van der Waals surface area contributed by atoms with Crippen LogP contribution in [0.2, 0.25) is 0 Å². The summed E-state index contributed by atoms with van der Waals surface area (Å²) in [5, 5.41) is 11.7. The number of hydrogen-bond donors (Lipinski definition) is 2. The zero-order chi connectivity index (χ0) is 7.82. The van der Waals surface area contributed by atoms with Crippen LogP contribution in [0.3, 0.4) is 0 Å². The lowest BCUT2D eigenvalue weighted by atomic mass is 10.4. The molecule has 0 spiro atoms. The molecule has 0 aromatic carbocycles. The number of aliphatic hydroxyl groups is 1. The molecule has 0 saturated carbocycles. The van der Waals surface area contributed by atoms with Gasteiger partial charge in [-0.25, -0.2) is 0 Å². The Morgan fingerprint density at radius 1 is 1.80 bits per heavy atom. The van der Waals surface area contributed by atoms with Crippen LogP contribution in [-0.2, 0) is 0 Å². The summed E-state index contributed by atoms with van der Waals surface area (Å²) in [6.07, 6.45) is 1.87. The van der Waals surface area contributed by atoms with Crippen molar-refractivity contribution < 1.29 is 5.11 Å². The van der Waals surface area contributed by atoms with Gasteiger partial charge >= 0.3 is 0 Å². The molecule has 0 rings (SSSR count). The predicted molar refractivity (Wildman–Crippen MR) is 47.5 cm³/mol. The molecule has 3 heteroatoms. The van der Waals surface area contributed by atoms with Gasteiger partial charge in [0.1, 0.15) is 0 Å². The molecule has 60 valence electrons. The number of aliphatic hydroxyl groups excluding tert-OH is 1. The van der Waals surface area contributed by atoms with E-state index in [-0.39, 0.29) is 12.6 Å². The summed E-state index contributed by atoms with van der Waals surface area (Å²) in [7, 11) is 1.86. The van der Waals surface area contributed by atoms with Gasteiger partial charge in [-0.2, -0.15) is 11.8 Å². The first kappa shape index (κ1) is 10.0. The van der Waals surface area contributed by atoms with Gasteiger partial charge in [-0.1, -0.05) is 6.08 Å². The van der Waals surface area contributed by atoms with Crippen LogP contribution in [0.1, 0.15) is 0 Å². The van der Waals surface area contributed by atoms with Gasteiger partial charge in [-0.05, 0) is 7.05 Å². The van der Waals surface area contributed by atoms with Gasteiger partial charge < -0.3 is 10.4 Å². The average molecular weight is 161 g/mol. The van der Waals surface area contributed by atoms with E-state index >= 15 is 0 Å². The fourth-order valence-corrected chi connectivity index (χ4v) is 1.38. The molecule has 1 unspecified atom stereocenters. The largest absolute Gasteiger partial charge is 0.395 e. The Bertz CT molecular complexity index is 83.7. The minimum Gasteiger partial charge on any atom is -0.395 e. The maximum Gasteiger partial charge on any atom is 0.0592 e. The smallest absolute Gasteiger partial charge is 0.0592 e. The van der Waals surface area contributed by atoms with Gasteiger partial charge in [0, 0.05) is 17.5 Å². The van der Waals surface area contributed by atoms with Gasteiger partial charge in [0.15, 0.2) is 0 Å². The van der Waals surface area contributed by atoms with Crippen LogP contribution in [0.15, 0.2) is 12.7 Å². The maximum absolute atomic E-state index is 8.72. The van der Waals surface area contributed by atoms with E-state index in [9.17, 15) is 0 Å². The van der Waals surface area contributed by atoms with Gasteiger partial charge in [-0.3, -0.25) is 0 Å². The van der Waals surface area contributed by atoms with Gasteiger partial charge in [-0.15, -0.1) is 6.58 Å². The van der Waals surface area contributed by atoms with Crippen molar-refractivity contribution in [3.63, 3.8) is 0 Å². The Morgan fingerprint density at radius 2 is 2.50 bits per heavy atom. The van der Waals surface area contributed by atoms with Crippen LogP contribution in [-0.4, -0.2) is 36.3 Å². The fraction of sp³-hybridized carbons (Fsp3) is 0.714. The maximum atomic E-state index is 8.72. The molecular weight excluding hydrogens is 146 g/mol. The summed E-state index contributed by atoms with van der Waals surface area (Å²) < 4.78 is 0. The Morgan fingerprint density at radius 3 is 2.90 bits per heavy atom. The molecule has 0 fully saturated rings. The Labute approximate surface area is 66.7 Å². The summed E-state index contributed by atoms with van der Waals surface area (Å²) in [5.74, 6) is 1.90. The monoisotopic (exact) mass is 161 g/mol. The van der Waals surface area contributed by atoms with E-state index in [1.807, 2.05) is 13.1 Å². The third kappa shape index (κ3) is 4.85. The highest BCUT2D eigenvalue weighted by Crippen LogP contribution is 2.01. The number of thioether (sulfide) groups is 1. The predicted octanol–water partition coefficient (Wildman–Crippen LogP) is 0.486. The molecule has 0 aliphatic rings. The highest BCUT2D eigenvalue weighted by atomic mass is 32.2. The molecule has 2 nitrogen and oxygen atoms in total. The molecule has 0 aromatic heterocycles. The summed E-state index contributed by atoms with van der Waals surface area (Å²) in [6, 6.07) is 0.227. The zero-order valence-corrected chi connectivity index (χ0v) is 7.16. The van der Waals surface area contributed by atoms with Crippen molar-refractivity contribution in [2.24, 2.45) is 0 Å². The summed E-state index contributed by atoms with van der Waals surface area (Å²) in [5.41, 5.74) is 0. The minimum absolute atomic E-state index is 0.209. The van der Waals surface area contributed by atoms with Crippen molar-refractivity contribution in [2.45, 2.75) is 6.04 Å². The third-order valence-corrected chi connectivity index (χ3v) is 2.29. The molecule has 0 heterocycles. The second-order valence-electron chi connectivity index (χ2n) is 1.99. The molecule has 0 radical (unpaired) electrons. The highest BCUT2D eigenvalue weighted by Gasteiger charge is 2.01. The van der Waals surface area contributed by atoms with E-state index in [4.69, 9.17) is 5.11 Å². The first-order valence-electron chi connectivity index (χ1n) is 3.32. The minimum atomic E-state index is 0.209. The van der Waals surface area contributed by atoms with E-state index < -0.39 is 0 Å². The van der Waals surface area contributed by atoms with Crippen molar-refractivity contribution in [3.8, 4) is 0 Å². The number of hydrogen-bond acceptors (Lipinski definition) is 3. The summed E-state index contributed by atoms with van der Waals surface area (Å²) in [6.45, 7) is 3.81. The Hall–Kier alpha value is 0.01000. The molecular formula is C7H15NOS. The molecule has 0 saturated heterocycles. The lowest BCUT2D eigenvalue weighted by molar-refractivity contribution is 0.260. The van der Waals surface area contributed by atoms with Crippen molar-refractivity contribution in [1.29, 1.82) is 0 Å². The quantitative estimate of drug-likeness (QED) is 0.439. The van der Waals surface area contributed by atoms with Crippen molar-refractivity contribution in [1.82, 2.24) is 5.32 Å². The molecule has 0 aromatic rings. The van der Waals surface area contributed by atoms with E-state index in [2.05, 4.69) is 11.9 Å². The van der Waals surface area contributed by atoms with Crippen LogP contribution in [0.4, 0.5) is 0 Å². The topological polar surface area (TPSA) is 32.3 Å². The van der Waals surface area contributed by atoms with Crippen LogP contribution >= 0.6 is 11.8 Å². The van der Waals surface area contributed by atoms with Gasteiger partial charge in [0.05, 0.1) is 6.61 Å². The molecule has 2 N–H and O–H groups in total. The fourth-order valence-electron chi connectivity index (χ4n) is 0.521.